The van der Waals surface area contributed by atoms with Crippen LogP contribution in [0.3, 0.4) is 0 Å². The summed E-state index contributed by atoms with van der Waals surface area (Å²) in [6.07, 6.45) is 0.324. The summed E-state index contributed by atoms with van der Waals surface area (Å²) in [7, 11) is 0. The van der Waals surface area contributed by atoms with E-state index in [4.69, 9.17) is 20.8 Å². The van der Waals surface area contributed by atoms with Gasteiger partial charge in [0.15, 0.2) is 11.9 Å². The standard InChI is InChI=1S/C21H17ClN2O5/c1-12(25)14-3-5-15(6-4-14)17-8-9-18(29-17)21(27)28-13(2)20(26)24-19-10-7-16(22)11-23-19/h3-11,13H,1-2H3,(H,23,24,26)/t13-/m1/s1. The van der Waals surface area contributed by atoms with Crippen molar-refractivity contribution < 1.29 is 23.5 Å². The van der Waals surface area contributed by atoms with Crippen LogP contribution in [0.4, 0.5) is 5.82 Å². The Bertz CT molecular complexity index is 1040. The topological polar surface area (TPSA) is 98.5 Å². The van der Waals surface area contributed by atoms with E-state index in [1.165, 1.54) is 32.2 Å². The highest BCUT2D eigenvalue weighted by atomic mass is 35.5. The second-order valence-corrected chi connectivity index (χ2v) is 6.63. The smallest absolute Gasteiger partial charge is 0.375 e. The van der Waals surface area contributed by atoms with Gasteiger partial charge < -0.3 is 14.5 Å². The van der Waals surface area contributed by atoms with Crippen LogP contribution in [0, 0.1) is 0 Å². The number of nitrogens with zero attached hydrogens (tertiary/aromatic N) is 1. The molecule has 29 heavy (non-hydrogen) atoms. The van der Waals surface area contributed by atoms with Crippen molar-refractivity contribution in [3.8, 4) is 11.3 Å². The SMILES string of the molecule is CC(=O)c1ccc(-c2ccc(C(=O)O[C@H](C)C(=O)Nc3ccc(Cl)cn3)o2)cc1. The summed E-state index contributed by atoms with van der Waals surface area (Å²) in [4.78, 5) is 39.7. The normalized spacial score (nSPS) is 11.6. The fraction of sp³-hybridized carbons (Fsp3) is 0.143. The number of aromatic nitrogens is 1. The van der Waals surface area contributed by atoms with Gasteiger partial charge in [-0.25, -0.2) is 9.78 Å². The van der Waals surface area contributed by atoms with E-state index in [2.05, 4.69) is 10.3 Å². The molecule has 0 aliphatic rings. The molecule has 0 radical (unpaired) electrons. The second-order valence-electron chi connectivity index (χ2n) is 6.20. The highest BCUT2D eigenvalue weighted by Gasteiger charge is 2.22. The first-order valence-electron chi connectivity index (χ1n) is 8.68. The summed E-state index contributed by atoms with van der Waals surface area (Å²) < 4.78 is 10.7. The minimum atomic E-state index is -1.07. The van der Waals surface area contributed by atoms with Gasteiger partial charge in [0.05, 0.1) is 5.02 Å². The third-order valence-electron chi connectivity index (χ3n) is 4.01. The molecule has 148 valence electrons. The molecule has 2 aromatic heterocycles. The maximum Gasteiger partial charge on any atom is 0.375 e. The summed E-state index contributed by atoms with van der Waals surface area (Å²) in [5.41, 5.74) is 1.28. The first-order chi connectivity index (χ1) is 13.8. The highest BCUT2D eigenvalue weighted by molar-refractivity contribution is 6.30. The van der Waals surface area contributed by atoms with Crippen LogP contribution in [0.5, 0.6) is 0 Å². The number of rotatable bonds is 6. The van der Waals surface area contributed by atoms with E-state index in [0.717, 1.165) is 0 Å². The van der Waals surface area contributed by atoms with Gasteiger partial charge in [-0.2, -0.15) is 0 Å². The molecule has 7 nitrogen and oxygen atoms in total. The van der Waals surface area contributed by atoms with Crippen LogP contribution < -0.4 is 5.32 Å². The molecule has 0 saturated carbocycles. The molecule has 1 N–H and O–H groups in total. The maximum absolute atomic E-state index is 12.3. The van der Waals surface area contributed by atoms with Gasteiger partial charge in [-0.15, -0.1) is 0 Å². The Morgan fingerprint density at radius 2 is 1.79 bits per heavy atom. The minimum absolute atomic E-state index is 0.0404. The molecule has 1 amide bonds. The van der Waals surface area contributed by atoms with Crippen molar-refractivity contribution >= 4 is 35.1 Å². The van der Waals surface area contributed by atoms with Crippen molar-refractivity contribution in [1.29, 1.82) is 0 Å². The number of hydrogen-bond donors (Lipinski definition) is 1. The Balaban J connectivity index is 1.62. The molecule has 0 bridgehead atoms. The van der Waals surface area contributed by atoms with Gasteiger partial charge in [0.25, 0.3) is 5.91 Å². The van der Waals surface area contributed by atoms with E-state index >= 15 is 0 Å². The lowest BCUT2D eigenvalue weighted by molar-refractivity contribution is -0.123. The van der Waals surface area contributed by atoms with E-state index in [1.807, 2.05) is 0 Å². The molecule has 8 heteroatoms. The molecular weight excluding hydrogens is 396 g/mol. The first-order valence-corrected chi connectivity index (χ1v) is 9.06. The van der Waals surface area contributed by atoms with Crippen LogP contribution in [-0.4, -0.2) is 28.7 Å². The molecule has 0 fully saturated rings. The summed E-state index contributed by atoms with van der Waals surface area (Å²) >= 11 is 5.75. The molecule has 0 aliphatic carbocycles. The van der Waals surface area contributed by atoms with Gasteiger partial charge in [-0.05, 0) is 38.1 Å². The Hall–Kier alpha value is -3.45. The number of anilines is 1. The maximum atomic E-state index is 12.3. The van der Waals surface area contributed by atoms with Crippen molar-refractivity contribution in [3.05, 3.63) is 71.1 Å². The zero-order valence-electron chi connectivity index (χ0n) is 15.6. The zero-order valence-corrected chi connectivity index (χ0v) is 16.4. The number of hydrogen-bond acceptors (Lipinski definition) is 6. The zero-order chi connectivity index (χ0) is 21.0. The van der Waals surface area contributed by atoms with Crippen LogP contribution in [-0.2, 0) is 9.53 Å². The average Bonchev–Trinajstić information content (AvgIpc) is 3.20. The lowest BCUT2D eigenvalue weighted by Gasteiger charge is -2.12. The number of esters is 1. The molecule has 0 aliphatic heterocycles. The fourth-order valence-corrected chi connectivity index (χ4v) is 2.53. The number of nitrogens with one attached hydrogen (secondary N) is 1. The third-order valence-corrected chi connectivity index (χ3v) is 4.24. The number of pyridine rings is 1. The number of Topliss-reactive ketones (excluding diaryl/α,β-unsaturated/α-hetero) is 1. The average molecular weight is 413 g/mol. The van der Waals surface area contributed by atoms with E-state index < -0.39 is 18.0 Å². The van der Waals surface area contributed by atoms with E-state index in [9.17, 15) is 14.4 Å². The van der Waals surface area contributed by atoms with Gasteiger partial charge in [0.1, 0.15) is 11.6 Å². The number of amides is 1. The number of carbonyl (C=O) groups excluding carboxylic acids is 3. The largest absolute Gasteiger partial charge is 0.449 e. The Morgan fingerprint density at radius 3 is 2.41 bits per heavy atom. The van der Waals surface area contributed by atoms with E-state index in [1.54, 1.807) is 36.4 Å². The minimum Gasteiger partial charge on any atom is -0.449 e. The van der Waals surface area contributed by atoms with Crippen molar-refractivity contribution in [2.24, 2.45) is 0 Å². The van der Waals surface area contributed by atoms with E-state index in [-0.39, 0.29) is 17.4 Å². The molecule has 2 heterocycles. The second kappa shape index (κ2) is 8.70. The molecular formula is C21H17ClN2O5. The predicted molar refractivity (Wildman–Crippen MR) is 107 cm³/mol. The summed E-state index contributed by atoms with van der Waals surface area (Å²) in [5.74, 6) is -0.671. The van der Waals surface area contributed by atoms with Gasteiger partial charge >= 0.3 is 5.97 Å². The Labute approximate surface area is 171 Å². The van der Waals surface area contributed by atoms with Gasteiger partial charge in [-0.1, -0.05) is 35.9 Å². The molecule has 0 unspecified atom stereocenters. The summed E-state index contributed by atoms with van der Waals surface area (Å²) in [5, 5.41) is 2.96. The van der Waals surface area contributed by atoms with Crippen molar-refractivity contribution in [2.75, 3.05) is 5.32 Å². The van der Waals surface area contributed by atoms with Crippen LogP contribution in [0.25, 0.3) is 11.3 Å². The number of furan rings is 1. The number of carbonyl (C=O) groups is 3. The van der Waals surface area contributed by atoms with Crippen LogP contribution in [0.15, 0.2) is 59.1 Å². The van der Waals surface area contributed by atoms with Gasteiger partial charge in [-0.3, -0.25) is 9.59 Å². The molecule has 1 atom stereocenters. The van der Waals surface area contributed by atoms with Crippen molar-refractivity contribution in [2.45, 2.75) is 20.0 Å². The molecule has 0 saturated heterocycles. The van der Waals surface area contributed by atoms with Crippen molar-refractivity contribution in [3.63, 3.8) is 0 Å². The van der Waals surface area contributed by atoms with Crippen LogP contribution in [0.1, 0.15) is 34.8 Å². The number of ether oxygens (including phenoxy) is 1. The van der Waals surface area contributed by atoms with Gasteiger partial charge in [0, 0.05) is 17.3 Å². The molecule has 3 aromatic rings. The van der Waals surface area contributed by atoms with Crippen LogP contribution in [0.2, 0.25) is 5.02 Å². The number of ketones is 1. The predicted octanol–water partition coefficient (Wildman–Crippen LogP) is 4.38. The van der Waals surface area contributed by atoms with Gasteiger partial charge in [0.2, 0.25) is 5.76 Å². The molecule has 3 rings (SSSR count). The monoisotopic (exact) mass is 412 g/mol. The fourth-order valence-electron chi connectivity index (χ4n) is 2.42. The summed E-state index contributed by atoms with van der Waals surface area (Å²) in [6, 6.07) is 13.0. The highest BCUT2D eigenvalue weighted by Crippen LogP contribution is 2.23. The first kappa shape index (κ1) is 20.3. The number of benzene rings is 1. The van der Waals surface area contributed by atoms with Crippen LogP contribution >= 0.6 is 11.6 Å². The third kappa shape index (κ3) is 5.08. The number of halogens is 1. The quantitative estimate of drug-likeness (QED) is 0.476. The Kier molecular flexibility index (Phi) is 6.09. The lowest BCUT2D eigenvalue weighted by Crippen LogP contribution is -2.30. The molecule has 1 aromatic carbocycles. The molecule has 0 spiro atoms. The lowest BCUT2D eigenvalue weighted by atomic mass is 10.1. The van der Waals surface area contributed by atoms with E-state index in [0.29, 0.717) is 21.9 Å². The summed E-state index contributed by atoms with van der Waals surface area (Å²) in [6.45, 7) is 2.92. The Morgan fingerprint density at radius 1 is 1.07 bits per heavy atom. The van der Waals surface area contributed by atoms with Crippen molar-refractivity contribution in [1.82, 2.24) is 4.98 Å².